The number of methoxy groups -OCH3 is 1. The van der Waals surface area contributed by atoms with E-state index in [1.807, 2.05) is 45.0 Å². The van der Waals surface area contributed by atoms with Gasteiger partial charge in [-0.25, -0.2) is 0 Å². The van der Waals surface area contributed by atoms with Crippen molar-refractivity contribution in [3.63, 3.8) is 0 Å². The standard InChI is InChI=1S/C17H28N4O2/c1-12(2)16(22)21-15-8-6-14(7-9-15)10-19-17(18-4)20-13(3)11-23-5/h6-9,12-13H,10-11H2,1-5H3,(H,21,22)(H2,18,19,20). The lowest BCUT2D eigenvalue weighted by atomic mass is 10.1. The van der Waals surface area contributed by atoms with Gasteiger partial charge in [0.2, 0.25) is 5.91 Å². The number of rotatable bonds is 7. The number of nitrogens with one attached hydrogen (secondary N) is 3. The van der Waals surface area contributed by atoms with Gasteiger partial charge in [0, 0.05) is 38.3 Å². The van der Waals surface area contributed by atoms with Crippen LogP contribution in [0.5, 0.6) is 0 Å². The Labute approximate surface area is 138 Å². The fourth-order valence-corrected chi connectivity index (χ4v) is 1.90. The number of carbonyl (C=O) groups is 1. The Morgan fingerprint density at radius 2 is 1.87 bits per heavy atom. The molecule has 0 aliphatic carbocycles. The molecule has 0 aromatic heterocycles. The molecule has 0 radical (unpaired) electrons. The largest absolute Gasteiger partial charge is 0.383 e. The van der Waals surface area contributed by atoms with Gasteiger partial charge in [-0.05, 0) is 24.6 Å². The molecule has 0 spiro atoms. The third-order valence-electron chi connectivity index (χ3n) is 3.23. The first-order chi connectivity index (χ1) is 11.0. The quantitative estimate of drug-likeness (QED) is 0.530. The molecule has 0 aliphatic rings. The number of nitrogens with zero attached hydrogens (tertiary/aromatic N) is 1. The van der Waals surface area contributed by atoms with Gasteiger partial charge in [-0.3, -0.25) is 9.79 Å². The second-order valence-corrected chi connectivity index (χ2v) is 5.77. The van der Waals surface area contributed by atoms with E-state index in [1.54, 1.807) is 14.2 Å². The summed E-state index contributed by atoms with van der Waals surface area (Å²) in [4.78, 5) is 15.8. The fraction of sp³-hybridized carbons (Fsp3) is 0.529. The van der Waals surface area contributed by atoms with Gasteiger partial charge < -0.3 is 20.7 Å². The van der Waals surface area contributed by atoms with Crippen LogP contribution >= 0.6 is 0 Å². The van der Waals surface area contributed by atoms with Crippen LogP contribution in [0.15, 0.2) is 29.3 Å². The fourth-order valence-electron chi connectivity index (χ4n) is 1.90. The highest BCUT2D eigenvalue weighted by molar-refractivity contribution is 5.92. The average Bonchev–Trinajstić information content (AvgIpc) is 2.52. The number of benzene rings is 1. The Bertz CT molecular complexity index is 512. The van der Waals surface area contributed by atoms with Crippen LogP contribution in [-0.2, 0) is 16.1 Å². The van der Waals surface area contributed by atoms with E-state index in [-0.39, 0.29) is 17.9 Å². The molecule has 0 saturated heterocycles. The van der Waals surface area contributed by atoms with Gasteiger partial charge in [-0.15, -0.1) is 0 Å². The Kier molecular flexibility index (Phi) is 8.11. The highest BCUT2D eigenvalue weighted by Gasteiger charge is 2.07. The first kappa shape index (κ1) is 19.0. The number of hydrogen-bond acceptors (Lipinski definition) is 3. The number of ether oxygens (including phenoxy) is 1. The van der Waals surface area contributed by atoms with E-state index < -0.39 is 0 Å². The minimum Gasteiger partial charge on any atom is -0.383 e. The molecular weight excluding hydrogens is 292 g/mol. The van der Waals surface area contributed by atoms with Crippen molar-refractivity contribution >= 4 is 17.6 Å². The maximum Gasteiger partial charge on any atom is 0.226 e. The molecule has 23 heavy (non-hydrogen) atoms. The maximum absolute atomic E-state index is 11.6. The number of anilines is 1. The zero-order valence-corrected chi connectivity index (χ0v) is 14.6. The summed E-state index contributed by atoms with van der Waals surface area (Å²) in [6, 6.07) is 7.95. The zero-order valence-electron chi connectivity index (χ0n) is 14.6. The van der Waals surface area contributed by atoms with Crippen molar-refractivity contribution in [3.05, 3.63) is 29.8 Å². The van der Waals surface area contributed by atoms with Crippen LogP contribution in [-0.4, -0.2) is 38.7 Å². The molecule has 1 amide bonds. The summed E-state index contributed by atoms with van der Waals surface area (Å²) in [5, 5.41) is 9.37. The van der Waals surface area contributed by atoms with E-state index in [9.17, 15) is 4.79 Å². The highest BCUT2D eigenvalue weighted by atomic mass is 16.5. The third kappa shape index (κ3) is 7.15. The molecule has 1 aromatic carbocycles. The van der Waals surface area contributed by atoms with Crippen LogP contribution < -0.4 is 16.0 Å². The number of guanidine groups is 1. The van der Waals surface area contributed by atoms with Crippen molar-refractivity contribution in [1.29, 1.82) is 0 Å². The predicted octanol–water partition coefficient (Wildman–Crippen LogP) is 1.98. The highest BCUT2D eigenvalue weighted by Crippen LogP contribution is 2.10. The Hall–Kier alpha value is -2.08. The summed E-state index contributed by atoms with van der Waals surface area (Å²) >= 11 is 0. The Balaban J connectivity index is 2.50. The van der Waals surface area contributed by atoms with Crippen LogP contribution in [0.25, 0.3) is 0 Å². The number of hydrogen-bond donors (Lipinski definition) is 3. The first-order valence-corrected chi connectivity index (χ1v) is 7.82. The molecular formula is C17H28N4O2. The number of aliphatic imine (C=N–C) groups is 1. The van der Waals surface area contributed by atoms with Crippen LogP contribution in [0.2, 0.25) is 0 Å². The Morgan fingerprint density at radius 1 is 1.22 bits per heavy atom. The summed E-state index contributed by atoms with van der Waals surface area (Å²) in [5.41, 5.74) is 1.92. The van der Waals surface area contributed by atoms with Gasteiger partial charge in [0.25, 0.3) is 0 Å². The van der Waals surface area contributed by atoms with Crippen LogP contribution in [0.3, 0.4) is 0 Å². The molecule has 3 N–H and O–H groups in total. The van der Waals surface area contributed by atoms with Gasteiger partial charge in [0.05, 0.1) is 6.61 Å². The minimum absolute atomic E-state index is 0.0209. The van der Waals surface area contributed by atoms with Crippen LogP contribution in [0.4, 0.5) is 5.69 Å². The van der Waals surface area contributed by atoms with Crippen LogP contribution in [0.1, 0.15) is 26.3 Å². The summed E-state index contributed by atoms with van der Waals surface area (Å²) in [7, 11) is 3.41. The van der Waals surface area contributed by atoms with E-state index in [0.717, 1.165) is 17.2 Å². The lowest BCUT2D eigenvalue weighted by Gasteiger charge is -2.17. The Morgan fingerprint density at radius 3 is 2.39 bits per heavy atom. The van der Waals surface area contributed by atoms with Gasteiger partial charge in [-0.1, -0.05) is 26.0 Å². The molecule has 1 aromatic rings. The maximum atomic E-state index is 11.6. The van der Waals surface area contributed by atoms with Crippen LogP contribution in [0, 0.1) is 5.92 Å². The molecule has 1 atom stereocenters. The van der Waals surface area contributed by atoms with Crippen molar-refractivity contribution in [1.82, 2.24) is 10.6 Å². The predicted molar refractivity (Wildman–Crippen MR) is 94.6 cm³/mol. The van der Waals surface area contributed by atoms with E-state index in [4.69, 9.17) is 4.74 Å². The molecule has 0 saturated carbocycles. The zero-order chi connectivity index (χ0) is 17.2. The topological polar surface area (TPSA) is 74.8 Å². The average molecular weight is 320 g/mol. The van der Waals surface area contributed by atoms with Gasteiger partial charge >= 0.3 is 0 Å². The SMILES string of the molecule is CN=C(NCc1ccc(NC(=O)C(C)C)cc1)NC(C)COC. The first-order valence-electron chi connectivity index (χ1n) is 7.82. The minimum atomic E-state index is -0.0279. The number of carbonyl (C=O) groups excluding carboxylic acids is 1. The smallest absolute Gasteiger partial charge is 0.226 e. The lowest BCUT2D eigenvalue weighted by molar-refractivity contribution is -0.118. The molecule has 0 aliphatic heterocycles. The molecule has 1 rings (SSSR count). The molecule has 128 valence electrons. The monoisotopic (exact) mass is 320 g/mol. The lowest BCUT2D eigenvalue weighted by Crippen LogP contribution is -2.43. The molecule has 0 heterocycles. The van der Waals surface area contributed by atoms with E-state index >= 15 is 0 Å². The summed E-state index contributed by atoms with van der Waals surface area (Å²) in [6.45, 7) is 7.04. The van der Waals surface area contributed by atoms with E-state index in [0.29, 0.717) is 13.2 Å². The molecule has 1 unspecified atom stereocenters. The number of amides is 1. The van der Waals surface area contributed by atoms with Crippen molar-refractivity contribution < 1.29 is 9.53 Å². The molecule has 0 bridgehead atoms. The summed E-state index contributed by atoms with van der Waals surface area (Å²) in [5.74, 6) is 0.721. The van der Waals surface area contributed by atoms with E-state index in [1.165, 1.54) is 0 Å². The van der Waals surface area contributed by atoms with Crippen molar-refractivity contribution in [3.8, 4) is 0 Å². The van der Waals surface area contributed by atoms with Gasteiger partial charge in [0.15, 0.2) is 5.96 Å². The normalized spacial score (nSPS) is 12.9. The van der Waals surface area contributed by atoms with E-state index in [2.05, 4.69) is 20.9 Å². The molecule has 6 nitrogen and oxygen atoms in total. The summed E-state index contributed by atoms with van der Waals surface area (Å²) < 4.78 is 5.09. The van der Waals surface area contributed by atoms with Crippen molar-refractivity contribution in [2.75, 3.05) is 26.1 Å². The second-order valence-electron chi connectivity index (χ2n) is 5.77. The van der Waals surface area contributed by atoms with Gasteiger partial charge in [0.1, 0.15) is 0 Å². The second kappa shape index (κ2) is 9.84. The van der Waals surface area contributed by atoms with Gasteiger partial charge in [-0.2, -0.15) is 0 Å². The molecule has 6 heteroatoms. The van der Waals surface area contributed by atoms with Crippen molar-refractivity contribution in [2.24, 2.45) is 10.9 Å². The van der Waals surface area contributed by atoms with Crippen molar-refractivity contribution in [2.45, 2.75) is 33.4 Å². The summed E-state index contributed by atoms with van der Waals surface area (Å²) in [6.07, 6.45) is 0. The third-order valence-corrected chi connectivity index (χ3v) is 3.23. The molecule has 0 fully saturated rings.